The first-order valence-electron chi connectivity index (χ1n) is 5.64. The number of sulfone groups is 1. The van der Waals surface area contributed by atoms with E-state index in [1.807, 2.05) is 6.26 Å². The Bertz CT molecular complexity index is 468. The quantitative estimate of drug-likeness (QED) is 0.798. The summed E-state index contributed by atoms with van der Waals surface area (Å²) >= 11 is 1.66. The molecule has 6 heteroatoms. The molecule has 4 nitrogen and oxygen atoms in total. The second-order valence-electron chi connectivity index (χ2n) is 4.08. The van der Waals surface area contributed by atoms with Crippen LogP contribution in [-0.2, 0) is 9.84 Å². The van der Waals surface area contributed by atoms with Gasteiger partial charge < -0.3 is 10.4 Å². The zero-order valence-electron chi connectivity index (χ0n) is 10.6. The Morgan fingerprint density at radius 2 is 2.06 bits per heavy atom. The SMILES string of the molecule is CSCC(CCO)Nc1ccccc1S(C)(=O)=O. The molecule has 0 fully saturated rings. The van der Waals surface area contributed by atoms with Crippen LogP contribution in [0.15, 0.2) is 29.2 Å². The number of hydrogen-bond acceptors (Lipinski definition) is 5. The average molecular weight is 289 g/mol. The van der Waals surface area contributed by atoms with Crippen LogP contribution in [0, 0.1) is 0 Å². The van der Waals surface area contributed by atoms with Crippen molar-refractivity contribution < 1.29 is 13.5 Å². The molecule has 0 radical (unpaired) electrons. The number of aliphatic hydroxyl groups excluding tert-OH is 1. The molecule has 0 aliphatic rings. The fourth-order valence-corrected chi connectivity index (χ4v) is 3.19. The summed E-state index contributed by atoms with van der Waals surface area (Å²) in [6, 6.07) is 6.91. The Morgan fingerprint density at radius 1 is 1.39 bits per heavy atom. The van der Waals surface area contributed by atoms with Crippen molar-refractivity contribution in [3.05, 3.63) is 24.3 Å². The van der Waals surface area contributed by atoms with E-state index in [0.29, 0.717) is 17.0 Å². The van der Waals surface area contributed by atoms with Gasteiger partial charge in [-0.15, -0.1) is 0 Å². The first-order chi connectivity index (χ1) is 8.49. The Kier molecular flexibility index (Phi) is 5.98. The fourth-order valence-electron chi connectivity index (χ4n) is 1.68. The topological polar surface area (TPSA) is 66.4 Å². The second kappa shape index (κ2) is 7.01. The molecule has 0 aliphatic carbocycles. The molecule has 0 heterocycles. The van der Waals surface area contributed by atoms with Gasteiger partial charge in [-0.2, -0.15) is 11.8 Å². The smallest absolute Gasteiger partial charge is 0.177 e. The minimum Gasteiger partial charge on any atom is -0.396 e. The lowest BCUT2D eigenvalue weighted by molar-refractivity contribution is 0.282. The Hall–Kier alpha value is -0.720. The molecule has 1 atom stereocenters. The number of nitrogens with one attached hydrogen (secondary N) is 1. The summed E-state index contributed by atoms with van der Waals surface area (Å²) in [7, 11) is -3.24. The Balaban J connectivity index is 2.95. The summed E-state index contributed by atoms with van der Waals surface area (Å²) < 4.78 is 23.3. The summed E-state index contributed by atoms with van der Waals surface area (Å²) in [5.41, 5.74) is 0.604. The maximum Gasteiger partial charge on any atom is 0.177 e. The molecule has 1 aromatic carbocycles. The summed E-state index contributed by atoms with van der Waals surface area (Å²) in [5.74, 6) is 0.818. The van der Waals surface area contributed by atoms with E-state index in [1.165, 1.54) is 6.26 Å². The predicted molar refractivity (Wildman–Crippen MR) is 77.0 cm³/mol. The minimum absolute atomic E-state index is 0.0629. The molecule has 0 amide bonds. The highest BCUT2D eigenvalue weighted by Crippen LogP contribution is 2.22. The standard InChI is InChI=1S/C12H19NO3S2/c1-17-9-10(7-8-14)13-11-5-3-4-6-12(11)18(2,15)16/h3-6,10,13-14H,7-9H2,1-2H3. The van der Waals surface area contributed by atoms with E-state index < -0.39 is 9.84 Å². The van der Waals surface area contributed by atoms with Gasteiger partial charge in [-0.25, -0.2) is 8.42 Å². The third-order valence-corrected chi connectivity index (χ3v) is 4.38. The van der Waals surface area contributed by atoms with Crippen molar-refractivity contribution in [1.82, 2.24) is 0 Å². The van der Waals surface area contributed by atoms with Crippen LogP contribution >= 0.6 is 11.8 Å². The van der Waals surface area contributed by atoms with Crippen LogP contribution in [0.25, 0.3) is 0 Å². The number of anilines is 1. The molecule has 0 aliphatic heterocycles. The van der Waals surface area contributed by atoms with E-state index in [1.54, 1.807) is 36.0 Å². The lowest BCUT2D eigenvalue weighted by atomic mass is 10.2. The molecule has 102 valence electrons. The van der Waals surface area contributed by atoms with Gasteiger partial charge in [-0.1, -0.05) is 12.1 Å². The molecular weight excluding hydrogens is 270 g/mol. The van der Waals surface area contributed by atoms with Crippen molar-refractivity contribution in [1.29, 1.82) is 0 Å². The van der Waals surface area contributed by atoms with E-state index in [0.717, 1.165) is 5.75 Å². The number of thioether (sulfide) groups is 1. The predicted octanol–water partition coefficient (Wildman–Crippen LogP) is 1.62. The zero-order chi connectivity index (χ0) is 13.6. The molecule has 0 aromatic heterocycles. The first kappa shape index (κ1) is 15.3. The molecular formula is C12H19NO3S2. The van der Waals surface area contributed by atoms with Gasteiger partial charge in [0.25, 0.3) is 0 Å². The van der Waals surface area contributed by atoms with Gasteiger partial charge in [0.05, 0.1) is 10.6 Å². The summed E-state index contributed by atoms with van der Waals surface area (Å²) in [6.07, 6.45) is 3.77. The summed E-state index contributed by atoms with van der Waals surface area (Å²) in [6.45, 7) is 0.0826. The average Bonchev–Trinajstić information content (AvgIpc) is 2.29. The molecule has 0 bridgehead atoms. The van der Waals surface area contributed by atoms with Gasteiger partial charge in [0.15, 0.2) is 9.84 Å². The van der Waals surface area contributed by atoms with Crippen molar-refractivity contribution in [2.75, 3.05) is 30.2 Å². The highest BCUT2D eigenvalue weighted by molar-refractivity contribution is 7.98. The van der Waals surface area contributed by atoms with Gasteiger partial charge >= 0.3 is 0 Å². The fraction of sp³-hybridized carbons (Fsp3) is 0.500. The van der Waals surface area contributed by atoms with Crippen LogP contribution in [0.2, 0.25) is 0 Å². The second-order valence-corrected chi connectivity index (χ2v) is 6.97. The molecule has 2 N–H and O–H groups in total. The van der Waals surface area contributed by atoms with Gasteiger partial charge in [-0.3, -0.25) is 0 Å². The van der Waals surface area contributed by atoms with Crippen LogP contribution in [0.5, 0.6) is 0 Å². The number of para-hydroxylation sites is 1. The first-order valence-corrected chi connectivity index (χ1v) is 8.93. The van der Waals surface area contributed by atoms with Gasteiger partial charge in [0.1, 0.15) is 0 Å². The number of rotatable bonds is 7. The Labute approximate surface area is 113 Å². The van der Waals surface area contributed by atoms with Crippen molar-refractivity contribution in [3.8, 4) is 0 Å². The van der Waals surface area contributed by atoms with Crippen molar-refractivity contribution in [3.63, 3.8) is 0 Å². The molecule has 0 saturated carbocycles. The maximum absolute atomic E-state index is 11.7. The lowest BCUT2D eigenvalue weighted by Gasteiger charge is -2.19. The lowest BCUT2D eigenvalue weighted by Crippen LogP contribution is -2.24. The van der Waals surface area contributed by atoms with Crippen LogP contribution in [0.4, 0.5) is 5.69 Å². The number of hydrogen-bond donors (Lipinski definition) is 2. The summed E-state index contributed by atoms with van der Waals surface area (Å²) in [4.78, 5) is 0.300. The number of aliphatic hydroxyl groups is 1. The van der Waals surface area contributed by atoms with E-state index in [4.69, 9.17) is 5.11 Å². The van der Waals surface area contributed by atoms with E-state index in [9.17, 15) is 8.42 Å². The molecule has 1 unspecified atom stereocenters. The van der Waals surface area contributed by atoms with Gasteiger partial charge in [0.2, 0.25) is 0 Å². The van der Waals surface area contributed by atoms with E-state index in [2.05, 4.69) is 5.32 Å². The molecule has 18 heavy (non-hydrogen) atoms. The monoisotopic (exact) mass is 289 g/mol. The maximum atomic E-state index is 11.7. The van der Waals surface area contributed by atoms with Gasteiger partial charge in [-0.05, 0) is 24.8 Å². The molecule has 0 spiro atoms. The van der Waals surface area contributed by atoms with E-state index in [-0.39, 0.29) is 12.6 Å². The molecule has 1 aromatic rings. The molecule has 1 rings (SSSR count). The molecule has 0 saturated heterocycles. The third-order valence-electron chi connectivity index (χ3n) is 2.49. The van der Waals surface area contributed by atoms with E-state index >= 15 is 0 Å². The third kappa shape index (κ3) is 4.51. The van der Waals surface area contributed by atoms with Gasteiger partial charge in [0, 0.05) is 24.7 Å². The van der Waals surface area contributed by atoms with Crippen LogP contribution in [0.1, 0.15) is 6.42 Å². The van der Waals surface area contributed by atoms with Crippen LogP contribution < -0.4 is 5.32 Å². The minimum atomic E-state index is -3.24. The normalized spacial score (nSPS) is 13.3. The highest BCUT2D eigenvalue weighted by Gasteiger charge is 2.15. The van der Waals surface area contributed by atoms with Crippen LogP contribution in [-0.4, -0.2) is 44.4 Å². The largest absolute Gasteiger partial charge is 0.396 e. The van der Waals surface area contributed by atoms with Crippen molar-refractivity contribution in [2.24, 2.45) is 0 Å². The highest BCUT2D eigenvalue weighted by atomic mass is 32.2. The summed E-state index contributed by atoms with van der Waals surface area (Å²) in [5, 5.41) is 12.2. The Morgan fingerprint density at radius 3 is 2.61 bits per heavy atom. The van der Waals surface area contributed by atoms with Crippen molar-refractivity contribution >= 4 is 27.3 Å². The zero-order valence-corrected chi connectivity index (χ0v) is 12.2. The number of benzene rings is 1. The van der Waals surface area contributed by atoms with Crippen LogP contribution in [0.3, 0.4) is 0 Å². The van der Waals surface area contributed by atoms with Crippen molar-refractivity contribution in [2.45, 2.75) is 17.4 Å².